The molecule has 2 aromatic heterocycles. The molecule has 0 radical (unpaired) electrons. The lowest BCUT2D eigenvalue weighted by atomic mass is 10.6. The maximum atomic E-state index is 4.41. The van der Waals surface area contributed by atoms with Crippen molar-refractivity contribution in [2.45, 2.75) is 15.3 Å². The standard InChI is InChI=1S/C9H12N6S2/c1-10-6-4-7(13-8(12-6)16-3)17-9-14-11-5-15(9)2/h4-5H,1-3H3,(H,10,12,13). The topological polar surface area (TPSA) is 68.5 Å². The Labute approximate surface area is 108 Å². The Kier molecular flexibility index (Phi) is 3.85. The Balaban J connectivity index is 2.29. The van der Waals surface area contributed by atoms with Gasteiger partial charge in [0, 0.05) is 20.2 Å². The Morgan fingerprint density at radius 3 is 2.76 bits per heavy atom. The molecule has 2 rings (SSSR count). The van der Waals surface area contributed by atoms with Gasteiger partial charge in [-0.05, 0) is 18.0 Å². The van der Waals surface area contributed by atoms with Crippen molar-refractivity contribution in [1.29, 1.82) is 0 Å². The molecule has 2 heterocycles. The Bertz CT molecular complexity index is 490. The maximum absolute atomic E-state index is 4.41. The first-order valence-corrected chi connectivity index (χ1v) is 6.89. The van der Waals surface area contributed by atoms with Crippen LogP contribution in [-0.2, 0) is 7.05 Å². The van der Waals surface area contributed by atoms with Gasteiger partial charge in [0.25, 0.3) is 0 Å². The predicted octanol–water partition coefficient (Wildman–Crippen LogP) is 1.52. The number of aryl methyl sites for hydroxylation is 1. The Morgan fingerprint density at radius 2 is 2.18 bits per heavy atom. The molecule has 0 aliphatic carbocycles. The van der Waals surface area contributed by atoms with Gasteiger partial charge in [0.2, 0.25) is 0 Å². The second kappa shape index (κ2) is 5.37. The van der Waals surface area contributed by atoms with Gasteiger partial charge in [-0.1, -0.05) is 11.8 Å². The van der Waals surface area contributed by atoms with Gasteiger partial charge < -0.3 is 9.88 Å². The van der Waals surface area contributed by atoms with E-state index in [4.69, 9.17) is 0 Å². The third kappa shape index (κ3) is 2.89. The minimum absolute atomic E-state index is 0.738. The van der Waals surface area contributed by atoms with E-state index in [9.17, 15) is 0 Å². The summed E-state index contributed by atoms with van der Waals surface area (Å²) in [4.78, 5) is 8.72. The molecule has 0 unspecified atom stereocenters. The molecule has 0 atom stereocenters. The zero-order valence-electron chi connectivity index (χ0n) is 9.71. The molecule has 0 fully saturated rings. The van der Waals surface area contributed by atoms with Gasteiger partial charge in [-0.25, -0.2) is 9.97 Å². The molecule has 0 aliphatic rings. The first kappa shape index (κ1) is 12.2. The van der Waals surface area contributed by atoms with Crippen LogP contribution in [0.2, 0.25) is 0 Å². The molecule has 0 saturated carbocycles. The van der Waals surface area contributed by atoms with Crippen LogP contribution >= 0.6 is 23.5 Å². The van der Waals surface area contributed by atoms with E-state index in [1.807, 2.05) is 31.0 Å². The summed E-state index contributed by atoms with van der Waals surface area (Å²) in [5.74, 6) is 0.800. The van der Waals surface area contributed by atoms with E-state index in [2.05, 4.69) is 25.5 Å². The van der Waals surface area contributed by atoms with E-state index < -0.39 is 0 Å². The van der Waals surface area contributed by atoms with E-state index in [1.54, 1.807) is 6.33 Å². The maximum Gasteiger partial charge on any atom is 0.197 e. The summed E-state index contributed by atoms with van der Waals surface area (Å²) >= 11 is 2.98. The van der Waals surface area contributed by atoms with Gasteiger partial charge in [-0.2, -0.15) is 0 Å². The Morgan fingerprint density at radius 1 is 1.35 bits per heavy atom. The minimum atomic E-state index is 0.738. The first-order chi connectivity index (χ1) is 8.22. The molecule has 6 nitrogen and oxygen atoms in total. The molecule has 90 valence electrons. The third-order valence-electron chi connectivity index (χ3n) is 1.99. The predicted molar refractivity (Wildman–Crippen MR) is 68.5 cm³/mol. The second-order valence-electron chi connectivity index (χ2n) is 3.15. The van der Waals surface area contributed by atoms with Gasteiger partial charge in [0.1, 0.15) is 17.2 Å². The van der Waals surface area contributed by atoms with Gasteiger partial charge in [0.05, 0.1) is 0 Å². The van der Waals surface area contributed by atoms with Crippen LogP contribution in [0.1, 0.15) is 0 Å². The quantitative estimate of drug-likeness (QED) is 0.512. The van der Waals surface area contributed by atoms with Crippen LogP contribution in [-0.4, -0.2) is 38.0 Å². The number of hydrogen-bond acceptors (Lipinski definition) is 7. The molecular weight excluding hydrogens is 256 g/mol. The molecule has 0 bridgehead atoms. The molecule has 2 aromatic rings. The molecule has 0 spiro atoms. The van der Waals surface area contributed by atoms with E-state index >= 15 is 0 Å². The summed E-state index contributed by atoms with van der Waals surface area (Å²) in [7, 11) is 3.74. The lowest BCUT2D eigenvalue weighted by Crippen LogP contribution is -1.97. The molecule has 0 saturated heterocycles. The summed E-state index contributed by atoms with van der Waals surface area (Å²) in [6.45, 7) is 0. The van der Waals surface area contributed by atoms with Gasteiger partial charge in [-0.3, -0.25) is 0 Å². The van der Waals surface area contributed by atoms with E-state index in [0.717, 1.165) is 21.2 Å². The fraction of sp³-hybridized carbons (Fsp3) is 0.333. The highest BCUT2D eigenvalue weighted by Gasteiger charge is 2.08. The monoisotopic (exact) mass is 268 g/mol. The molecular formula is C9H12N6S2. The summed E-state index contributed by atoms with van der Waals surface area (Å²) in [5.41, 5.74) is 0. The minimum Gasteiger partial charge on any atom is -0.373 e. The number of aromatic nitrogens is 5. The smallest absolute Gasteiger partial charge is 0.197 e. The van der Waals surface area contributed by atoms with Crippen LogP contribution in [0.15, 0.2) is 27.7 Å². The van der Waals surface area contributed by atoms with E-state index in [-0.39, 0.29) is 0 Å². The van der Waals surface area contributed by atoms with Crippen LogP contribution in [0, 0.1) is 0 Å². The number of nitrogens with zero attached hydrogens (tertiary/aromatic N) is 5. The molecule has 8 heteroatoms. The largest absolute Gasteiger partial charge is 0.373 e. The number of hydrogen-bond donors (Lipinski definition) is 1. The van der Waals surface area contributed by atoms with Crippen molar-refractivity contribution in [1.82, 2.24) is 24.7 Å². The lowest BCUT2D eigenvalue weighted by Gasteiger charge is -2.05. The highest BCUT2D eigenvalue weighted by molar-refractivity contribution is 7.99. The van der Waals surface area contributed by atoms with Crippen molar-refractivity contribution in [2.24, 2.45) is 7.05 Å². The first-order valence-electron chi connectivity index (χ1n) is 4.85. The van der Waals surface area contributed by atoms with Crippen molar-refractivity contribution in [3.63, 3.8) is 0 Å². The number of anilines is 1. The summed E-state index contributed by atoms with van der Waals surface area (Å²) in [5, 5.41) is 13.2. The van der Waals surface area contributed by atoms with Crippen molar-refractivity contribution < 1.29 is 0 Å². The van der Waals surface area contributed by atoms with Gasteiger partial charge >= 0.3 is 0 Å². The van der Waals surface area contributed by atoms with Gasteiger partial charge in [-0.15, -0.1) is 10.2 Å². The van der Waals surface area contributed by atoms with Crippen LogP contribution in [0.5, 0.6) is 0 Å². The molecule has 1 N–H and O–H groups in total. The highest BCUT2D eigenvalue weighted by Crippen LogP contribution is 2.26. The number of thioether (sulfide) groups is 1. The number of nitrogens with one attached hydrogen (secondary N) is 1. The third-order valence-corrected chi connectivity index (χ3v) is 3.50. The van der Waals surface area contributed by atoms with Crippen LogP contribution < -0.4 is 5.32 Å². The second-order valence-corrected chi connectivity index (χ2v) is 4.92. The normalized spacial score (nSPS) is 10.5. The average molecular weight is 268 g/mol. The van der Waals surface area contributed by atoms with E-state index in [0.29, 0.717) is 0 Å². The van der Waals surface area contributed by atoms with Crippen LogP contribution in [0.4, 0.5) is 5.82 Å². The lowest BCUT2D eigenvalue weighted by molar-refractivity contribution is 0.784. The Hall–Kier alpha value is -1.28. The van der Waals surface area contributed by atoms with Crippen molar-refractivity contribution >= 4 is 29.3 Å². The summed E-state index contributed by atoms with van der Waals surface area (Å²) in [6.07, 6.45) is 3.61. The summed E-state index contributed by atoms with van der Waals surface area (Å²) in [6, 6.07) is 1.89. The van der Waals surface area contributed by atoms with Crippen LogP contribution in [0.25, 0.3) is 0 Å². The van der Waals surface area contributed by atoms with Crippen molar-refractivity contribution in [2.75, 3.05) is 18.6 Å². The molecule has 0 amide bonds. The van der Waals surface area contributed by atoms with Crippen LogP contribution in [0.3, 0.4) is 0 Å². The molecule has 0 aliphatic heterocycles. The zero-order valence-corrected chi connectivity index (χ0v) is 11.3. The fourth-order valence-electron chi connectivity index (χ4n) is 1.13. The fourth-order valence-corrected chi connectivity index (χ4v) is 2.34. The molecule has 17 heavy (non-hydrogen) atoms. The van der Waals surface area contributed by atoms with Crippen molar-refractivity contribution in [3.8, 4) is 0 Å². The zero-order chi connectivity index (χ0) is 12.3. The number of rotatable bonds is 4. The molecule has 0 aromatic carbocycles. The van der Waals surface area contributed by atoms with Crippen molar-refractivity contribution in [3.05, 3.63) is 12.4 Å². The average Bonchev–Trinajstić information content (AvgIpc) is 2.74. The highest BCUT2D eigenvalue weighted by atomic mass is 32.2. The SMILES string of the molecule is CNc1cc(Sc2nncn2C)nc(SC)n1. The van der Waals surface area contributed by atoms with Gasteiger partial charge in [0.15, 0.2) is 10.3 Å². The van der Waals surface area contributed by atoms with E-state index in [1.165, 1.54) is 23.5 Å². The summed E-state index contributed by atoms with van der Waals surface area (Å²) < 4.78 is 1.85.